The van der Waals surface area contributed by atoms with E-state index in [-0.39, 0.29) is 17.3 Å². The third-order valence-corrected chi connectivity index (χ3v) is 7.08. The number of rotatable bonds is 5. The summed E-state index contributed by atoms with van der Waals surface area (Å²) in [6, 6.07) is 11.3. The molecule has 2 aromatic carbocycles. The normalized spacial score (nSPS) is 14.8. The van der Waals surface area contributed by atoms with Crippen LogP contribution >= 0.6 is 23.1 Å². The number of amides is 1. The quantitative estimate of drug-likeness (QED) is 0.481. The van der Waals surface area contributed by atoms with Gasteiger partial charge in [-0.25, -0.2) is 4.98 Å². The van der Waals surface area contributed by atoms with E-state index in [9.17, 15) is 18.0 Å². The fraction of sp³-hybridized carbons (Fsp3) is 0.333. The number of alkyl halides is 3. The van der Waals surface area contributed by atoms with Gasteiger partial charge in [0.05, 0.1) is 32.9 Å². The van der Waals surface area contributed by atoms with Crippen LogP contribution in [0.25, 0.3) is 10.2 Å². The Morgan fingerprint density at radius 2 is 1.90 bits per heavy atom. The van der Waals surface area contributed by atoms with Gasteiger partial charge < -0.3 is 10.2 Å². The van der Waals surface area contributed by atoms with Gasteiger partial charge in [-0.1, -0.05) is 23.9 Å². The van der Waals surface area contributed by atoms with Crippen molar-refractivity contribution in [1.82, 2.24) is 4.98 Å². The minimum atomic E-state index is -4.46. The van der Waals surface area contributed by atoms with Crippen molar-refractivity contribution in [2.24, 2.45) is 0 Å². The maximum Gasteiger partial charge on any atom is 0.416 e. The van der Waals surface area contributed by atoms with E-state index in [1.54, 1.807) is 0 Å². The summed E-state index contributed by atoms with van der Waals surface area (Å²) in [6.07, 6.45) is -1.38. The highest BCUT2D eigenvalue weighted by Gasteiger charge is 2.32. The summed E-state index contributed by atoms with van der Waals surface area (Å²) in [6.45, 7) is 1.55. The molecule has 0 spiro atoms. The number of nitrogens with zero attached hydrogens (tertiary/aromatic N) is 2. The van der Waals surface area contributed by atoms with Crippen molar-refractivity contribution >= 4 is 50.6 Å². The Morgan fingerprint density at radius 1 is 1.13 bits per heavy atom. The Balaban J connectivity index is 1.50. The maximum absolute atomic E-state index is 13.2. The molecule has 9 heteroatoms. The van der Waals surface area contributed by atoms with Gasteiger partial charge in [-0.2, -0.15) is 13.2 Å². The first-order chi connectivity index (χ1) is 14.4. The van der Waals surface area contributed by atoms with Gasteiger partial charge in [0.15, 0.2) is 4.34 Å². The van der Waals surface area contributed by atoms with Gasteiger partial charge in [0.25, 0.3) is 0 Å². The third kappa shape index (κ3) is 4.89. The van der Waals surface area contributed by atoms with Crippen LogP contribution in [-0.2, 0) is 11.0 Å². The highest BCUT2D eigenvalue weighted by atomic mass is 32.2. The van der Waals surface area contributed by atoms with Gasteiger partial charge in [-0.3, -0.25) is 4.79 Å². The molecule has 1 fully saturated rings. The van der Waals surface area contributed by atoms with Crippen LogP contribution in [-0.4, -0.2) is 29.7 Å². The molecule has 4 rings (SSSR count). The number of thioether (sulfide) groups is 1. The molecule has 1 N–H and O–H groups in total. The standard InChI is InChI=1S/C21H20F3N3OS2/c22-21(23,24)14-8-9-17(27-10-4-1-5-11-27)16(12-14)25-19(28)13-29-20-26-15-6-2-3-7-18(15)30-20/h2-3,6-9,12H,1,4-5,10-11,13H2,(H,25,28). The molecule has 0 radical (unpaired) electrons. The Bertz CT molecular complexity index is 1010. The van der Waals surface area contributed by atoms with Crippen molar-refractivity contribution in [2.75, 3.05) is 29.1 Å². The summed E-state index contributed by atoms with van der Waals surface area (Å²) in [5.74, 6) is -0.271. The Kier molecular flexibility index (Phi) is 6.19. The number of fused-ring (bicyclic) bond motifs is 1. The zero-order valence-corrected chi connectivity index (χ0v) is 17.7. The number of hydrogen-bond donors (Lipinski definition) is 1. The molecule has 30 heavy (non-hydrogen) atoms. The highest BCUT2D eigenvalue weighted by molar-refractivity contribution is 8.01. The number of halogens is 3. The van der Waals surface area contributed by atoms with Crippen LogP contribution in [0.4, 0.5) is 24.5 Å². The zero-order valence-electron chi connectivity index (χ0n) is 16.0. The summed E-state index contributed by atoms with van der Waals surface area (Å²) in [7, 11) is 0. The van der Waals surface area contributed by atoms with Crippen LogP contribution < -0.4 is 10.2 Å². The lowest BCUT2D eigenvalue weighted by atomic mass is 10.1. The molecule has 0 aliphatic carbocycles. The zero-order chi connectivity index (χ0) is 21.1. The van der Waals surface area contributed by atoms with E-state index in [1.807, 2.05) is 29.2 Å². The summed E-state index contributed by atoms with van der Waals surface area (Å²) in [5.41, 5.74) is 0.954. The lowest BCUT2D eigenvalue weighted by Crippen LogP contribution is -2.30. The molecule has 1 saturated heterocycles. The first kappa shape index (κ1) is 21.0. The number of nitrogens with one attached hydrogen (secondary N) is 1. The van der Waals surface area contributed by atoms with E-state index in [1.165, 1.54) is 29.2 Å². The predicted molar refractivity (Wildman–Crippen MR) is 116 cm³/mol. The van der Waals surface area contributed by atoms with Gasteiger partial charge in [0.1, 0.15) is 0 Å². The fourth-order valence-corrected chi connectivity index (χ4v) is 5.32. The molecule has 1 aromatic heterocycles. The first-order valence-electron chi connectivity index (χ1n) is 9.64. The monoisotopic (exact) mass is 451 g/mol. The second kappa shape index (κ2) is 8.85. The van der Waals surface area contributed by atoms with Gasteiger partial charge in [-0.15, -0.1) is 11.3 Å². The lowest BCUT2D eigenvalue weighted by molar-refractivity contribution is -0.137. The van der Waals surface area contributed by atoms with Crippen LogP contribution in [0, 0.1) is 0 Å². The average Bonchev–Trinajstić information content (AvgIpc) is 3.15. The summed E-state index contributed by atoms with van der Waals surface area (Å²) >= 11 is 2.78. The van der Waals surface area contributed by atoms with Gasteiger partial charge in [0.2, 0.25) is 5.91 Å². The van der Waals surface area contributed by atoms with E-state index in [0.29, 0.717) is 5.69 Å². The number of piperidine rings is 1. The Labute approximate surface area is 180 Å². The molecule has 0 saturated carbocycles. The second-order valence-corrected chi connectivity index (χ2v) is 9.31. The molecule has 0 bridgehead atoms. The molecule has 4 nitrogen and oxygen atoms in total. The lowest BCUT2D eigenvalue weighted by Gasteiger charge is -2.31. The van der Waals surface area contributed by atoms with Crippen LogP contribution in [0.1, 0.15) is 24.8 Å². The Morgan fingerprint density at radius 3 is 2.63 bits per heavy atom. The van der Waals surface area contributed by atoms with Crippen LogP contribution in [0.2, 0.25) is 0 Å². The largest absolute Gasteiger partial charge is 0.416 e. The minimum Gasteiger partial charge on any atom is -0.370 e. The van der Waals surface area contributed by atoms with Crippen LogP contribution in [0.15, 0.2) is 46.8 Å². The first-order valence-corrected chi connectivity index (χ1v) is 11.4. The number of aromatic nitrogens is 1. The molecular weight excluding hydrogens is 431 g/mol. The molecule has 158 valence electrons. The topological polar surface area (TPSA) is 45.2 Å². The summed E-state index contributed by atoms with van der Waals surface area (Å²) in [4.78, 5) is 19.1. The average molecular weight is 452 g/mol. The molecule has 2 heterocycles. The van der Waals surface area contributed by atoms with Crippen LogP contribution in [0.5, 0.6) is 0 Å². The smallest absolute Gasteiger partial charge is 0.370 e. The molecule has 0 unspecified atom stereocenters. The van der Waals surface area contributed by atoms with Crippen molar-refractivity contribution in [3.63, 3.8) is 0 Å². The van der Waals surface area contributed by atoms with Crippen LogP contribution in [0.3, 0.4) is 0 Å². The SMILES string of the molecule is O=C(CSc1nc2ccccc2s1)Nc1cc(C(F)(F)F)ccc1N1CCCCC1. The van der Waals surface area contributed by atoms with Crippen molar-refractivity contribution in [2.45, 2.75) is 29.8 Å². The number of thiazole rings is 1. The number of benzene rings is 2. The van der Waals surface area contributed by atoms with Gasteiger partial charge in [0, 0.05) is 13.1 Å². The number of carbonyl (C=O) groups excluding carboxylic acids is 1. The van der Waals surface area contributed by atoms with E-state index >= 15 is 0 Å². The van der Waals surface area contributed by atoms with Crippen molar-refractivity contribution in [3.8, 4) is 0 Å². The third-order valence-electron chi connectivity index (χ3n) is 4.90. The van der Waals surface area contributed by atoms with Crippen molar-refractivity contribution in [1.29, 1.82) is 0 Å². The minimum absolute atomic E-state index is 0.0789. The maximum atomic E-state index is 13.2. The fourth-order valence-electron chi connectivity index (χ4n) is 3.45. The predicted octanol–water partition coefficient (Wildman–Crippen LogP) is 6.04. The van der Waals surface area contributed by atoms with E-state index in [4.69, 9.17) is 0 Å². The highest BCUT2D eigenvalue weighted by Crippen LogP contribution is 2.36. The summed E-state index contributed by atoms with van der Waals surface area (Å²) < 4.78 is 41.4. The second-order valence-electron chi connectivity index (χ2n) is 7.06. The van der Waals surface area contributed by atoms with Crippen molar-refractivity contribution in [3.05, 3.63) is 48.0 Å². The number of hydrogen-bond acceptors (Lipinski definition) is 5. The molecule has 1 aliphatic rings. The number of anilines is 2. The van der Waals surface area contributed by atoms with Gasteiger partial charge >= 0.3 is 6.18 Å². The van der Waals surface area contributed by atoms with E-state index in [2.05, 4.69) is 10.3 Å². The molecular formula is C21H20F3N3OS2. The molecule has 3 aromatic rings. The summed E-state index contributed by atoms with van der Waals surface area (Å²) in [5, 5.41) is 2.70. The van der Waals surface area contributed by atoms with E-state index in [0.717, 1.165) is 59.0 Å². The molecule has 1 aliphatic heterocycles. The van der Waals surface area contributed by atoms with E-state index < -0.39 is 11.7 Å². The molecule has 1 amide bonds. The van der Waals surface area contributed by atoms with Gasteiger partial charge in [-0.05, 0) is 49.6 Å². The Hall–Kier alpha value is -2.26. The number of para-hydroxylation sites is 1. The number of carbonyl (C=O) groups is 1. The van der Waals surface area contributed by atoms with Crippen molar-refractivity contribution < 1.29 is 18.0 Å². The molecule has 0 atom stereocenters.